The van der Waals surface area contributed by atoms with Crippen LogP contribution in [0.5, 0.6) is 0 Å². The smallest absolute Gasteiger partial charge is 0.256 e. The van der Waals surface area contributed by atoms with E-state index in [4.69, 9.17) is 4.42 Å². The van der Waals surface area contributed by atoms with E-state index >= 15 is 0 Å². The number of anilines is 1. The highest BCUT2D eigenvalue weighted by molar-refractivity contribution is 6.34. The SMILES string of the molecule is CCc1ccc2c(c1)/C(=C/c1ccco1)C(=O)N2. The molecule has 1 aliphatic rings. The lowest BCUT2D eigenvalue weighted by Crippen LogP contribution is -2.03. The van der Waals surface area contributed by atoms with Crippen molar-refractivity contribution in [2.75, 3.05) is 5.32 Å². The van der Waals surface area contributed by atoms with Gasteiger partial charge >= 0.3 is 0 Å². The van der Waals surface area contributed by atoms with Crippen LogP contribution in [0.4, 0.5) is 5.69 Å². The zero-order chi connectivity index (χ0) is 12.5. The van der Waals surface area contributed by atoms with E-state index < -0.39 is 0 Å². The Morgan fingerprint density at radius 3 is 2.94 bits per heavy atom. The maximum absolute atomic E-state index is 11.9. The first kappa shape index (κ1) is 10.8. The van der Waals surface area contributed by atoms with Crippen LogP contribution < -0.4 is 5.32 Å². The molecule has 0 spiro atoms. The average Bonchev–Trinajstić information content (AvgIpc) is 2.99. The number of carbonyl (C=O) groups is 1. The average molecular weight is 239 g/mol. The number of rotatable bonds is 2. The van der Waals surface area contributed by atoms with Gasteiger partial charge in [-0.1, -0.05) is 13.0 Å². The minimum atomic E-state index is -0.0744. The van der Waals surface area contributed by atoms with Crippen molar-refractivity contribution in [1.82, 2.24) is 0 Å². The molecule has 1 aromatic carbocycles. The van der Waals surface area contributed by atoms with Crippen LogP contribution in [-0.2, 0) is 11.2 Å². The number of carbonyl (C=O) groups excluding carboxylic acids is 1. The number of furan rings is 1. The van der Waals surface area contributed by atoms with Crippen LogP contribution >= 0.6 is 0 Å². The molecular weight excluding hydrogens is 226 g/mol. The van der Waals surface area contributed by atoms with Gasteiger partial charge in [-0.2, -0.15) is 0 Å². The molecule has 0 bridgehead atoms. The van der Waals surface area contributed by atoms with Crippen molar-refractivity contribution >= 4 is 23.2 Å². The number of hydrogen-bond donors (Lipinski definition) is 1. The highest BCUT2D eigenvalue weighted by Gasteiger charge is 2.24. The molecule has 90 valence electrons. The summed E-state index contributed by atoms with van der Waals surface area (Å²) in [7, 11) is 0. The van der Waals surface area contributed by atoms with E-state index in [1.165, 1.54) is 5.56 Å². The number of benzene rings is 1. The van der Waals surface area contributed by atoms with Gasteiger partial charge < -0.3 is 9.73 Å². The number of hydrogen-bond acceptors (Lipinski definition) is 2. The van der Waals surface area contributed by atoms with E-state index in [0.717, 1.165) is 17.7 Å². The summed E-state index contributed by atoms with van der Waals surface area (Å²) in [5.74, 6) is 0.615. The van der Waals surface area contributed by atoms with E-state index in [9.17, 15) is 4.79 Å². The van der Waals surface area contributed by atoms with Crippen molar-refractivity contribution in [3.05, 3.63) is 53.5 Å². The Morgan fingerprint density at radius 2 is 2.22 bits per heavy atom. The van der Waals surface area contributed by atoms with Crippen molar-refractivity contribution in [1.29, 1.82) is 0 Å². The second kappa shape index (κ2) is 4.18. The van der Waals surface area contributed by atoms with Crippen molar-refractivity contribution in [2.45, 2.75) is 13.3 Å². The molecule has 0 radical (unpaired) electrons. The molecule has 0 aliphatic carbocycles. The third kappa shape index (κ3) is 1.74. The quantitative estimate of drug-likeness (QED) is 0.817. The topological polar surface area (TPSA) is 42.2 Å². The maximum Gasteiger partial charge on any atom is 0.256 e. The van der Waals surface area contributed by atoms with Crippen LogP contribution in [0.1, 0.15) is 23.8 Å². The Hall–Kier alpha value is -2.29. The predicted molar refractivity (Wildman–Crippen MR) is 71.0 cm³/mol. The van der Waals surface area contributed by atoms with Gasteiger partial charge in [-0.05, 0) is 42.3 Å². The van der Waals surface area contributed by atoms with Gasteiger partial charge in [-0.3, -0.25) is 4.79 Å². The molecule has 0 unspecified atom stereocenters. The molecule has 1 aromatic heterocycles. The zero-order valence-corrected chi connectivity index (χ0v) is 10.1. The van der Waals surface area contributed by atoms with Gasteiger partial charge in [-0.15, -0.1) is 0 Å². The van der Waals surface area contributed by atoms with E-state index in [1.54, 1.807) is 12.3 Å². The number of fused-ring (bicyclic) bond motifs is 1. The Kier molecular flexibility index (Phi) is 2.52. The van der Waals surface area contributed by atoms with E-state index in [2.05, 4.69) is 18.3 Å². The lowest BCUT2D eigenvalue weighted by atomic mass is 10.0. The van der Waals surface area contributed by atoms with Crippen LogP contribution in [0, 0.1) is 0 Å². The van der Waals surface area contributed by atoms with Crippen LogP contribution in [0.15, 0.2) is 41.0 Å². The second-order valence-corrected chi connectivity index (χ2v) is 4.26. The zero-order valence-electron chi connectivity index (χ0n) is 10.1. The molecule has 1 N–H and O–H groups in total. The molecular formula is C15H13NO2. The highest BCUT2D eigenvalue weighted by atomic mass is 16.3. The Morgan fingerprint density at radius 1 is 1.33 bits per heavy atom. The fourth-order valence-electron chi connectivity index (χ4n) is 2.11. The molecule has 18 heavy (non-hydrogen) atoms. The first-order valence-corrected chi connectivity index (χ1v) is 5.98. The highest BCUT2D eigenvalue weighted by Crippen LogP contribution is 2.33. The standard InChI is InChI=1S/C15H13NO2/c1-2-10-5-6-14-12(8-10)13(15(17)16-14)9-11-4-3-7-18-11/h3-9H,2H2,1H3,(H,16,17)/b13-9-. The number of amides is 1. The molecule has 1 aliphatic heterocycles. The van der Waals surface area contributed by atoms with Gasteiger partial charge in [0.05, 0.1) is 11.8 Å². The van der Waals surface area contributed by atoms with Crippen molar-refractivity contribution in [3.8, 4) is 0 Å². The number of nitrogens with one attached hydrogen (secondary N) is 1. The summed E-state index contributed by atoms with van der Waals surface area (Å²) in [6.07, 6.45) is 4.33. The normalized spacial score (nSPS) is 15.8. The summed E-state index contributed by atoms with van der Waals surface area (Å²) in [5.41, 5.74) is 3.71. The van der Waals surface area contributed by atoms with Gasteiger partial charge in [0.15, 0.2) is 0 Å². The maximum atomic E-state index is 11.9. The summed E-state index contributed by atoms with van der Waals surface area (Å²) in [6.45, 7) is 2.10. The molecule has 1 amide bonds. The van der Waals surface area contributed by atoms with Crippen molar-refractivity contribution in [3.63, 3.8) is 0 Å². The van der Waals surface area contributed by atoms with E-state index in [-0.39, 0.29) is 5.91 Å². The molecule has 2 aromatic rings. The lowest BCUT2D eigenvalue weighted by molar-refractivity contribution is -0.110. The molecule has 0 saturated carbocycles. The molecule has 2 heterocycles. The Labute approximate surface area is 105 Å². The molecule has 0 fully saturated rings. The summed E-state index contributed by atoms with van der Waals surface area (Å²) in [4.78, 5) is 11.9. The largest absolute Gasteiger partial charge is 0.465 e. The first-order chi connectivity index (χ1) is 8.78. The third-order valence-corrected chi connectivity index (χ3v) is 3.11. The molecule has 0 atom stereocenters. The van der Waals surface area contributed by atoms with Gasteiger partial charge in [-0.25, -0.2) is 0 Å². The Bertz CT molecular complexity index is 624. The minimum absolute atomic E-state index is 0.0744. The summed E-state index contributed by atoms with van der Waals surface area (Å²) in [5, 5.41) is 2.86. The molecule has 3 heteroatoms. The van der Waals surface area contributed by atoms with Crippen LogP contribution in [0.3, 0.4) is 0 Å². The monoisotopic (exact) mass is 239 g/mol. The fraction of sp³-hybridized carbons (Fsp3) is 0.133. The van der Waals surface area contributed by atoms with E-state index in [0.29, 0.717) is 11.3 Å². The van der Waals surface area contributed by atoms with Crippen LogP contribution in [0.25, 0.3) is 11.6 Å². The second-order valence-electron chi connectivity index (χ2n) is 4.26. The van der Waals surface area contributed by atoms with Crippen LogP contribution in [0.2, 0.25) is 0 Å². The Balaban J connectivity index is 2.10. The molecule has 3 nitrogen and oxygen atoms in total. The minimum Gasteiger partial charge on any atom is -0.465 e. The van der Waals surface area contributed by atoms with Gasteiger partial charge in [0.2, 0.25) is 0 Å². The summed E-state index contributed by atoms with van der Waals surface area (Å²) in [6, 6.07) is 9.69. The van der Waals surface area contributed by atoms with Crippen LogP contribution in [-0.4, -0.2) is 5.91 Å². The van der Waals surface area contributed by atoms with E-state index in [1.807, 2.05) is 24.3 Å². The fourth-order valence-corrected chi connectivity index (χ4v) is 2.11. The van der Waals surface area contributed by atoms with Gasteiger partial charge in [0.1, 0.15) is 5.76 Å². The summed E-state index contributed by atoms with van der Waals surface area (Å²) >= 11 is 0. The predicted octanol–water partition coefficient (Wildman–Crippen LogP) is 3.33. The van der Waals surface area contributed by atoms with Crippen molar-refractivity contribution in [2.24, 2.45) is 0 Å². The van der Waals surface area contributed by atoms with Crippen molar-refractivity contribution < 1.29 is 9.21 Å². The number of aryl methyl sites for hydroxylation is 1. The first-order valence-electron chi connectivity index (χ1n) is 5.98. The third-order valence-electron chi connectivity index (χ3n) is 3.11. The summed E-state index contributed by atoms with van der Waals surface area (Å²) < 4.78 is 5.26. The molecule has 0 saturated heterocycles. The van der Waals surface area contributed by atoms with Gasteiger partial charge in [0.25, 0.3) is 5.91 Å². The molecule has 3 rings (SSSR count). The lowest BCUT2D eigenvalue weighted by Gasteiger charge is -2.01. The van der Waals surface area contributed by atoms with Gasteiger partial charge in [0, 0.05) is 11.3 Å².